The zero-order chi connectivity index (χ0) is 10.9. The molecule has 2 nitrogen and oxygen atoms in total. The maximum atomic E-state index is 8.61. The van der Waals surface area contributed by atoms with Gasteiger partial charge in [-0.25, -0.2) is 0 Å². The standard InChI is InChI=1S/C13H24N2/c1-13-8-5-3-2-4-6-10-15(12-13)11-7-9-14/h13H,2-8,10-12H2,1H3. The normalized spacial score (nSPS) is 25.7. The van der Waals surface area contributed by atoms with Crippen LogP contribution in [0, 0.1) is 17.2 Å². The summed E-state index contributed by atoms with van der Waals surface area (Å²) in [5.74, 6) is 0.807. The molecule has 0 aromatic heterocycles. The van der Waals surface area contributed by atoms with Gasteiger partial charge in [0.15, 0.2) is 0 Å². The fourth-order valence-electron chi connectivity index (χ4n) is 2.39. The highest BCUT2D eigenvalue weighted by Gasteiger charge is 2.11. The van der Waals surface area contributed by atoms with Crippen LogP contribution in [0.2, 0.25) is 0 Å². The van der Waals surface area contributed by atoms with Gasteiger partial charge in [-0.05, 0) is 25.3 Å². The molecule has 1 aliphatic rings. The van der Waals surface area contributed by atoms with Crippen molar-refractivity contribution in [2.75, 3.05) is 19.6 Å². The molecule has 0 N–H and O–H groups in total. The highest BCUT2D eigenvalue weighted by molar-refractivity contribution is 4.74. The van der Waals surface area contributed by atoms with Crippen LogP contribution in [0.3, 0.4) is 0 Å². The van der Waals surface area contributed by atoms with Gasteiger partial charge in [-0.15, -0.1) is 0 Å². The van der Waals surface area contributed by atoms with E-state index in [0.29, 0.717) is 6.42 Å². The Balaban J connectivity index is 2.33. The van der Waals surface area contributed by atoms with E-state index in [1.165, 1.54) is 51.6 Å². The maximum Gasteiger partial charge on any atom is 0.0635 e. The van der Waals surface area contributed by atoms with E-state index in [9.17, 15) is 0 Å². The molecule has 0 amide bonds. The van der Waals surface area contributed by atoms with Crippen LogP contribution in [0.25, 0.3) is 0 Å². The van der Waals surface area contributed by atoms with Crippen molar-refractivity contribution in [3.63, 3.8) is 0 Å². The largest absolute Gasteiger partial charge is 0.302 e. The van der Waals surface area contributed by atoms with E-state index >= 15 is 0 Å². The molecule has 1 aliphatic heterocycles. The third-order valence-electron chi connectivity index (χ3n) is 3.28. The van der Waals surface area contributed by atoms with Crippen LogP contribution in [-0.4, -0.2) is 24.5 Å². The highest BCUT2D eigenvalue weighted by Crippen LogP contribution is 2.15. The molecule has 0 bridgehead atoms. The molecule has 0 aromatic carbocycles. The summed E-state index contributed by atoms with van der Waals surface area (Å²) in [4.78, 5) is 2.49. The van der Waals surface area contributed by atoms with Crippen LogP contribution < -0.4 is 0 Å². The van der Waals surface area contributed by atoms with Crippen LogP contribution in [0.5, 0.6) is 0 Å². The van der Waals surface area contributed by atoms with Gasteiger partial charge in [0.2, 0.25) is 0 Å². The summed E-state index contributed by atoms with van der Waals surface area (Å²) in [6.45, 7) is 5.72. The molecular weight excluding hydrogens is 184 g/mol. The van der Waals surface area contributed by atoms with E-state index in [2.05, 4.69) is 17.9 Å². The minimum absolute atomic E-state index is 0.687. The first-order valence-corrected chi connectivity index (χ1v) is 6.42. The maximum absolute atomic E-state index is 8.61. The molecule has 1 fully saturated rings. The SMILES string of the molecule is CC1CCCCCCCN(CCC#N)C1. The summed E-state index contributed by atoms with van der Waals surface area (Å²) in [7, 11) is 0. The Morgan fingerprint density at radius 1 is 1.20 bits per heavy atom. The Kier molecular flexibility index (Phi) is 6.43. The van der Waals surface area contributed by atoms with Crippen LogP contribution in [0.15, 0.2) is 0 Å². The van der Waals surface area contributed by atoms with E-state index in [4.69, 9.17) is 5.26 Å². The molecule has 1 saturated heterocycles. The highest BCUT2D eigenvalue weighted by atomic mass is 15.1. The van der Waals surface area contributed by atoms with Gasteiger partial charge in [-0.1, -0.05) is 32.6 Å². The van der Waals surface area contributed by atoms with Gasteiger partial charge in [-0.2, -0.15) is 5.26 Å². The summed E-state index contributed by atoms with van der Waals surface area (Å²) in [6.07, 6.45) is 8.96. The molecule has 0 aromatic rings. The van der Waals surface area contributed by atoms with Crippen molar-refractivity contribution in [1.82, 2.24) is 4.90 Å². The second-order valence-electron chi connectivity index (χ2n) is 4.87. The second kappa shape index (κ2) is 7.70. The molecular formula is C13H24N2. The van der Waals surface area contributed by atoms with Gasteiger partial charge in [0.25, 0.3) is 0 Å². The molecule has 1 rings (SSSR count). The van der Waals surface area contributed by atoms with Gasteiger partial charge in [0, 0.05) is 19.5 Å². The summed E-state index contributed by atoms with van der Waals surface area (Å²) in [5, 5.41) is 8.61. The van der Waals surface area contributed by atoms with E-state index in [1.807, 2.05) is 0 Å². The van der Waals surface area contributed by atoms with E-state index < -0.39 is 0 Å². The van der Waals surface area contributed by atoms with Gasteiger partial charge in [-0.3, -0.25) is 0 Å². The van der Waals surface area contributed by atoms with E-state index in [-0.39, 0.29) is 0 Å². The monoisotopic (exact) mass is 208 g/mol. The first-order chi connectivity index (χ1) is 7.33. The number of rotatable bonds is 2. The van der Waals surface area contributed by atoms with E-state index in [1.54, 1.807) is 0 Å². The average molecular weight is 208 g/mol. The lowest BCUT2D eigenvalue weighted by molar-refractivity contribution is 0.223. The quantitative estimate of drug-likeness (QED) is 0.697. The zero-order valence-corrected chi connectivity index (χ0v) is 10.0. The molecule has 86 valence electrons. The third kappa shape index (κ3) is 5.79. The molecule has 15 heavy (non-hydrogen) atoms. The lowest BCUT2D eigenvalue weighted by Gasteiger charge is -2.26. The molecule has 1 heterocycles. The van der Waals surface area contributed by atoms with Crippen molar-refractivity contribution in [3.8, 4) is 6.07 Å². The van der Waals surface area contributed by atoms with Crippen molar-refractivity contribution in [2.45, 2.75) is 51.9 Å². The Morgan fingerprint density at radius 3 is 2.73 bits per heavy atom. The van der Waals surface area contributed by atoms with Crippen LogP contribution in [-0.2, 0) is 0 Å². The lowest BCUT2D eigenvalue weighted by Crippen LogP contribution is -2.31. The fourth-order valence-corrected chi connectivity index (χ4v) is 2.39. The molecule has 1 atom stereocenters. The van der Waals surface area contributed by atoms with Gasteiger partial charge in [0.1, 0.15) is 0 Å². The minimum Gasteiger partial charge on any atom is -0.302 e. The smallest absolute Gasteiger partial charge is 0.0635 e. The van der Waals surface area contributed by atoms with Crippen molar-refractivity contribution >= 4 is 0 Å². The van der Waals surface area contributed by atoms with Gasteiger partial charge in [0.05, 0.1) is 6.07 Å². The summed E-state index contributed by atoms with van der Waals surface area (Å²) >= 11 is 0. The molecule has 0 spiro atoms. The molecule has 0 radical (unpaired) electrons. The predicted molar refractivity (Wildman–Crippen MR) is 63.5 cm³/mol. The Hall–Kier alpha value is -0.550. The summed E-state index contributed by atoms with van der Waals surface area (Å²) < 4.78 is 0. The first-order valence-electron chi connectivity index (χ1n) is 6.42. The first kappa shape index (κ1) is 12.5. The Morgan fingerprint density at radius 2 is 1.93 bits per heavy atom. The number of hydrogen-bond donors (Lipinski definition) is 0. The molecule has 2 heteroatoms. The van der Waals surface area contributed by atoms with Crippen LogP contribution in [0.4, 0.5) is 0 Å². The third-order valence-corrected chi connectivity index (χ3v) is 3.28. The predicted octanol–water partition coefficient (Wildman–Crippen LogP) is 3.19. The second-order valence-corrected chi connectivity index (χ2v) is 4.87. The topological polar surface area (TPSA) is 27.0 Å². The number of hydrogen-bond acceptors (Lipinski definition) is 2. The molecule has 0 saturated carbocycles. The average Bonchev–Trinajstić information content (AvgIpc) is 2.24. The Labute approximate surface area is 94.3 Å². The van der Waals surface area contributed by atoms with Crippen LogP contribution >= 0.6 is 0 Å². The summed E-state index contributed by atoms with van der Waals surface area (Å²) in [6, 6.07) is 2.25. The van der Waals surface area contributed by atoms with Gasteiger partial charge < -0.3 is 4.90 Å². The number of nitrogens with zero attached hydrogens (tertiary/aromatic N) is 2. The molecule has 0 aliphatic carbocycles. The van der Waals surface area contributed by atoms with E-state index in [0.717, 1.165) is 12.5 Å². The summed E-state index contributed by atoms with van der Waals surface area (Å²) in [5.41, 5.74) is 0. The lowest BCUT2D eigenvalue weighted by atomic mass is 9.99. The van der Waals surface area contributed by atoms with Crippen molar-refractivity contribution < 1.29 is 0 Å². The fraction of sp³-hybridized carbons (Fsp3) is 0.923. The minimum atomic E-state index is 0.687. The molecule has 1 unspecified atom stereocenters. The Bertz CT molecular complexity index is 195. The number of nitriles is 1. The zero-order valence-electron chi connectivity index (χ0n) is 10.0. The van der Waals surface area contributed by atoms with Gasteiger partial charge >= 0.3 is 0 Å². The van der Waals surface area contributed by atoms with Crippen molar-refractivity contribution in [2.24, 2.45) is 5.92 Å². The van der Waals surface area contributed by atoms with Crippen molar-refractivity contribution in [1.29, 1.82) is 5.26 Å². The van der Waals surface area contributed by atoms with Crippen molar-refractivity contribution in [3.05, 3.63) is 0 Å². The van der Waals surface area contributed by atoms with Crippen LogP contribution in [0.1, 0.15) is 51.9 Å².